The fourth-order valence-electron chi connectivity index (χ4n) is 5.28. The van der Waals surface area contributed by atoms with E-state index in [1.807, 2.05) is 0 Å². The van der Waals surface area contributed by atoms with E-state index in [0.717, 1.165) is 38.5 Å². The summed E-state index contributed by atoms with van der Waals surface area (Å²) in [4.78, 5) is 0. The summed E-state index contributed by atoms with van der Waals surface area (Å²) in [5, 5.41) is 0.886. The molecule has 0 radical (unpaired) electrons. The molecule has 0 aliphatic heterocycles. The first-order valence-corrected chi connectivity index (χ1v) is 21.1. The molecular weight excluding hydrogens is 441 g/mol. The Balaban J connectivity index is 3.92. The molecule has 0 aliphatic rings. The van der Waals surface area contributed by atoms with Crippen molar-refractivity contribution in [3.63, 3.8) is 0 Å². The molecule has 0 aromatic heterocycles. The highest BCUT2D eigenvalue weighted by atomic mass is 28.4. The van der Waals surface area contributed by atoms with Gasteiger partial charge in [0.2, 0.25) is 8.32 Å². The van der Waals surface area contributed by atoms with E-state index in [4.69, 9.17) is 8.85 Å². The van der Waals surface area contributed by atoms with Gasteiger partial charge in [-0.1, -0.05) is 95.4 Å². The third kappa shape index (κ3) is 5.84. The van der Waals surface area contributed by atoms with Crippen molar-refractivity contribution in [3.05, 3.63) is 54.9 Å². The van der Waals surface area contributed by atoms with Gasteiger partial charge in [0.05, 0.1) is 10.4 Å². The Morgan fingerprint density at radius 2 is 1.25 bits per heavy atom. The van der Waals surface area contributed by atoms with Crippen LogP contribution < -0.4 is 5.19 Å². The summed E-state index contributed by atoms with van der Waals surface area (Å²) in [6, 6.07) is 11.0. The Labute approximate surface area is 202 Å². The first-order chi connectivity index (χ1) is 14.9. The van der Waals surface area contributed by atoms with Gasteiger partial charge >= 0.3 is 0 Å². The molecule has 32 heavy (non-hydrogen) atoms. The van der Waals surface area contributed by atoms with Gasteiger partial charge in [-0.05, 0) is 50.5 Å². The largest absolute Gasteiger partial charge is 0.408 e. The van der Waals surface area contributed by atoms with Gasteiger partial charge in [0.15, 0.2) is 0 Å². The minimum absolute atomic E-state index is 0.155. The molecule has 3 unspecified atom stereocenters. The van der Waals surface area contributed by atoms with E-state index in [2.05, 4.69) is 115 Å². The summed E-state index contributed by atoms with van der Waals surface area (Å²) in [7, 11) is -6.57. The van der Waals surface area contributed by atoms with Crippen molar-refractivity contribution in [2.75, 3.05) is 0 Å². The second-order valence-corrected chi connectivity index (χ2v) is 22.9. The molecule has 0 amide bonds. The van der Waals surface area contributed by atoms with Crippen LogP contribution >= 0.6 is 0 Å². The third-order valence-electron chi connectivity index (χ3n) is 7.68. The van der Waals surface area contributed by atoms with Crippen molar-refractivity contribution in [3.8, 4) is 0 Å². The van der Waals surface area contributed by atoms with Crippen LogP contribution in [0.4, 0.5) is 0 Å². The van der Waals surface area contributed by atoms with Crippen molar-refractivity contribution in [1.29, 1.82) is 0 Å². The Kier molecular flexibility index (Phi) is 10.6. The van der Waals surface area contributed by atoms with Crippen molar-refractivity contribution in [2.24, 2.45) is 0 Å². The first kappa shape index (κ1) is 29.3. The van der Waals surface area contributed by atoms with Gasteiger partial charge in [-0.2, -0.15) is 0 Å². The van der Waals surface area contributed by atoms with E-state index in [-0.39, 0.29) is 10.4 Å². The van der Waals surface area contributed by atoms with Gasteiger partial charge in [0.25, 0.3) is 8.32 Å². The molecule has 0 bridgehead atoms. The lowest BCUT2D eigenvalue weighted by Gasteiger charge is -2.56. The van der Waals surface area contributed by atoms with Gasteiger partial charge in [-0.25, -0.2) is 0 Å². The highest BCUT2D eigenvalue weighted by Crippen LogP contribution is 2.44. The summed E-state index contributed by atoms with van der Waals surface area (Å²) < 4.78 is 15.0. The van der Waals surface area contributed by atoms with E-state index in [1.165, 1.54) is 5.19 Å². The Morgan fingerprint density at radius 3 is 1.66 bits per heavy atom. The molecule has 0 spiro atoms. The predicted molar refractivity (Wildman–Crippen MR) is 151 cm³/mol. The average molecular weight is 491 g/mol. The van der Waals surface area contributed by atoms with E-state index in [1.54, 1.807) is 0 Å². The Bertz CT molecular complexity index is 734. The molecule has 1 aromatic carbocycles. The highest BCUT2D eigenvalue weighted by molar-refractivity contribution is 6.91. The molecule has 2 nitrogen and oxygen atoms in total. The Morgan fingerprint density at radius 1 is 0.750 bits per heavy atom. The number of hydrogen-bond acceptors (Lipinski definition) is 2. The normalized spacial score (nSPS) is 18.3. The highest BCUT2D eigenvalue weighted by Gasteiger charge is 2.59. The van der Waals surface area contributed by atoms with Gasteiger partial charge in [-0.3, -0.25) is 0 Å². The van der Waals surface area contributed by atoms with Crippen molar-refractivity contribution >= 4 is 29.9 Å². The first-order valence-electron chi connectivity index (χ1n) is 12.6. The molecule has 5 heteroatoms. The second kappa shape index (κ2) is 11.6. The van der Waals surface area contributed by atoms with E-state index in [9.17, 15) is 0 Å². The quantitative estimate of drug-likeness (QED) is 0.233. The molecular formula is C27H50O2Si3. The van der Waals surface area contributed by atoms with E-state index in [0.29, 0.717) is 0 Å². The van der Waals surface area contributed by atoms with Gasteiger partial charge in [0.1, 0.15) is 8.07 Å². The molecule has 0 saturated heterocycles. The zero-order valence-corrected chi connectivity index (χ0v) is 25.5. The van der Waals surface area contributed by atoms with Gasteiger partial charge in [0, 0.05) is 0 Å². The van der Waals surface area contributed by atoms with Crippen LogP contribution in [0.1, 0.15) is 66.2 Å². The summed E-state index contributed by atoms with van der Waals surface area (Å²) in [5.41, 5.74) is 4.32. The molecule has 0 saturated carbocycles. The van der Waals surface area contributed by atoms with Gasteiger partial charge < -0.3 is 8.85 Å². The van der Waals surface area contributed by atoms with Crippen LogP contribution in [0.3, 0.4) is 0 Å². The fourth-order valence-corrected chi connectivity index (χ4v) is 16.1. The van der Waals surface area contributed by atoms with Crippen LogP contribution in [0.25, 0.3) is 0 Å². The smallest absolute Gasteiger partial charge is 0.251 e. The van der Waals surface area contributed by atoms with Crippen LogP contribution in [0, 0.1) is 0 Å². The fraction of sp³-hybridized carbons (Fsp3) is 0.630. The molecule has 1 aromatic rings. The molecule has 0 fully saturated rings. The summed E-state index contributed by atoms with van der Waals surface area (Å²) in [6.07, 6.45) is 6.22. The minimum atomic E-state index is -2.62. The van der Waals surface area contributed by atoms with Crippen molar-refractivity contribution in [2.45, 2.75) is 109 Å². The predicted octanol–water partition coefficient (Wildman–Crippen LogP) is 7.84. The number of benzene rings is 1. The Hall–Kier alpha value is -0.729. The minimum Gasteiger partial charge on any atom is -0.408 e. The SMILES string of the molecule is C=C[Si](C)(C)OC(CC)(CCC)[Si](C)(OC(CC)(CCC)[Si](C)(C)C=C)c1ccccc1. The number of hydrogen-bond donors (Lipinski definition) is 0. The van der Waals surface area contributed by atoms with Crippen molar-refractivity contribution in [1.82, 2.24) is 0 Å². The summed E-state index contributed by atoms with van der Waals surface area (Å²) >= 11 is 0. The lowest BCUT2D eigenvalue weighted by atomic mass is 10.1. The van der Waals surface area contributed by atoms with E-state index < -0.39 is 24.7 Å². The van der Waals surface area contributed by atoms with Crippen LogP contribution in [-0.4, -0.2) is 35.2 Å². The molecule has 1 rings (SSSR count). The molecule has 3 atom stereocenters. The second-order valence-electron chi connectivity index (χ2n) is 10.5. The molecule has 0 heterocycles. The van der Waals surface area contributed by atoms with Crippen LogP contribution in [0.2, 0.25) is 32.7 Å². The zero-order chi connectivity index (χ0) is 24.7. The lowest BCUT2D eigenvalue weighted by Crippen LogP contribution is -2.74. The zero-order valence-electron chi connectivity index (χ0n) is 22.5. The monoisotopic (exact) mass is 490 g/mol. The standard InChI is InChI=1S/C27H50O2Si3/c1-12-23-26(14-3,30(7,8)16-5)29-32(11,25-21-19-18-20-22-25)27(15-4,24-13-2)28-31(9,10)17-6/h16-22H,5-6,12-15,23-24H2,1-4,7-11H3. The molecule has 0 aliphatic carbocycles. The van der Waals surface area contributed by atoms with Crippen LogP contribution in [0.15, 0.2) is 54.9 Å². The maximum Gasteiger partial charge on any atom is 0.251 e. The number of rotatable bonds is 15. The van der Waals surface area contributed by atoms with Crippen LogP contribution in [-0.2, 0) is 8.85 Å². The molecule has 182 valence electrons. The third-order valence-corrected chi connectivity index (χ3v) is 18.7. The van der Waals surface area contributed by atoms with Crippen molar-refractivity contribution < 1.29 is 8.85 Å². The van der Waals surface area contributed by atoms with Crippen LogP contribution in [0.5, 0.6) is 0 Å². The summed E-state index contributed by atoms with van der Waals surface area (Å²) in [5.74, 6) is 0. The maximum absolute atomic E-state index is 7.75. The maximum atomic E-state index is 7.75. The average Bonchev–Trinajstić information content (AvgIpc) is 2.78. The topological polar surface area (TPSA) is 18.5 Å². The summed E-state index contributed by atoms with van der Waals surface area (Å²) in [6.45, 7) is 29.4. The molecule has 0 N–H and O–H groups in total. The van der Waals surface area contributed by atoms with Gasteiger partial charge in [-0.15, -0.1) is 13.2 Å². The lowest BCUT2D eigenvalue weighted by molar-refractivity contribution is 0.0529. The van der Waals surface area contributed by atoms with E-state index >= 15 is 0 Å².